The molecule has 0 bridgehead atoms. The van der Waals surface area contributed by atoms with Crippen molar-refractivity contribution in [2.24, 2.45) is 0 Å². The van der Waals surface area contributed by atoms with E-state index in [1.54, 1.807) is 24.3 Å². The van der Waals surface area contributed by atoms with Crippen LogP contribution in [0.1, 0.15) is 5.56 Å². The molecule has 0 aromatic heterocycles. The number of aliphatic hydroxyl groups excluding tert-OH is 2. The fourth-order valence-corrected chi connectivity index (χ4v) is 1.13. The van der Waals surface area contributed by atoms with Crippen molar-refractivity contribution in [3.8, 4) is 0 Å². The van der Waals surface area contributed by atoms with Crippen molar-refractivity contribution in [3.63, 3.8) is 0 Å². The third-order valence-corrected chi connectivity index (χ3v) is 2.14. The largest absolute Gasteiger partial charge is 0.479 e. The summed E-state index contributed by atoms with van der Waals surface area (Å²) in [7, 11) is 0. The maximum absolute atomic E-state index is 11.4. The van der Waals surface area contributed by atoms with Crippen LogP contribution in [0.25, 0.3) is 0 Å². The number of carboxylic acid groups (broad SMARTS) is 1. The van der Waals surface area contributed by atoms with Crippen LogP contribution in [0.2, 0.25) is 0 Å². The van der Waals surface area contributed by atoms with Gasteiger partial charge >= 0.3 is 5.97 Å². The molecule has 92 valence electrons. The van der Waals surface area contributed by atoms with E-state index >= 15 is 0 Å². The minimum atomic E-state index is -2.14. The lowest BCUT2D eigenvalue weighted by Gasteiger charge is -2.13. The number of rotatable bonds is 4. The molecule has 6 heteroatoms. The Morgan fingerprint density at radius 2 is 1.65 bits per heavy atom. The quantitative estimate of drug-likeness (QED) is 0.579. The number of hydrogen-bond donors (Lipinski definition) is 4. The molecular weight excluding hydrogens is 226 g/mol. The highest BCUT2D eigenvalue weighted by atomic mass is 16.4. The molecule has 0 saturated heterocycles. The average molecular weight is 239 g/mol. The van der Waals surface area contributed by atoms with E-state index in [-0.39, 0.29) is 0 Å². The third-order valence-electron chi connectivity index (χ3n) is 2.14. The van der Waals surface area contributed by atoms with Gasteiger partial charge in [0.2, 0.25) is 0 Å². The molecule has 4 N–H and O–H groups in total. The van der Waals surface area contributed by atoms with Crippen molar-refractivity contribution in [2.45, 2.75) is 19.1 Å². The molecule has 0 aliphatic carbocycles. The molecule has 0 aliphatic rings. The highest BCUT2D eigenvalue weighted by Gasteiger charge is 2.29. The lowest BCUT2D eigenvalue weighted by molar-refractivity contribution is -0.156. The Labute approximate surface area is 97.5 Å². The van der Waals surface area contributed by atoms with Gasteiger partial charge in [-0.1, -0.05) is 17.7 Å². The van der Waals surface area contributed by atoms with Gasteiger partial charge in [-0.3, -0.25) is 4.79 Å². The number of benzene rings is 1. The number of aryl methyl sites for hydroxylation is 1. The summed E-state index contributed by atoms with van der Waals surface area (Å²) in [6.07, 6.45) is -4.14. The molecule has 6 nitrogen and oxygen atoms in total. The summed E-state index contributed by atoms with van der Waals surface area (Å²) in [5.41, 5.74) is 1.41. The van der Waals surface area contributed by atoms with Crippen molar-refractivity contribution in [3.05, 3.63) is 29.8 Å². The van der Waals surface area contributed by atoms with Crippen LogP contribution in [0.15, 0.2) is 24.3 Å². The first-order chi connectivity index (χ1) is 7.91. The van der Waals surface area contributed by atoms with Crippen LogP contribution in [-0.4, -0.2) is 39.4 Å². The lowest BCUT2D eigenvalue weighted by Crippen LogP contribution is -2.42. The zero-order valence-electron chi connectivity index (χ0n) is 9.12. The van der Waals surface area contributed by atoms with Crippen LogP contribution < -0.4 is 5.32 Å². The van der Waals surface area contributed by atoms with Crippen molar-refractivity contribution in [2.75, 3.05) is 5.32 Å². The van der Waals surface area contributed by atoms with Crippen LogP contribution in [0, 0.1) is 6.92 Å². The fourth-order valence-electron chi connectivity index (χ4n) is 1.13. The smallest absolute Gasteiger partial charge is 0.335 e. The molecule has 1 amide bonds. The standard InChI is InChI=1S/C11H13NO5/c1-6-2-4-7(5-3-6)12-10(15)8(13)9(14)11(16)17/h2-5,8-9,13-14H,1H3,(H,12,15)(H,16,17)/t8-,9-/m0/s1. The van der Waals surface area contributed by atoms with E-state index in [2.05, 4.69) is 5.32 Å². The van der Waals surface area contributed by atoms with E-state index < -0.39 is 24.1 Å². The second kappa shape index (κ2) is 5.42. The van der Waals surface area contributed by atoms with Crippen LogP contribution in [0.5, 0.6) is 0 Å². The predicted octanol–water partition coefficient (Wildman–Crippen LogP) is -0.260. The van der Waals surface area contributed by atoms with Gasteiger partial charge in [-0.05, 0) is 19.1 Å². The number of carbonyl (C=O) groups excluding carboxylic acids is 1. The minimum Gasteiger partial charge on any atom is -0.479 e. The molecule has 17 heavy (non-hydrogen) atoms. The van der Waals surface area contributed by atoms with Crippen LogP contribution in [-0.2, 0) is 9.59 Å². The summed E-state index contributed by atoms with van der Waals surface area (Å²) in [5, 5.41) is 28.9. The molecule has 0 spiro atoms. The van der Waals surface area contributed by atoms with E-state index in [0.29, 0.717) is 5.69 Å². The van der Waals surface area contributed by atoms with Gasteiger partial charge in [-0.2, -0.15) is 0 Å². The van der Waals surface area contributed by atoms with E-state index in [0.717, 1.165) is 5.56 Å². The third kappa shape index (κ3) is 3.54. The second-order valence-corrected chi connectivity index (χ2v) is 3.58. The molecule has 0 unspecified atom stereocenters. The highest BCUT2D eigenvalue weighted by molar-refractivity contribution is 5.97. The molecule has 0 fully saturated rings. The monoisotopic (exact) mass is 239 g/mol. The second-order valence-electron chi connectivity index (χ2n) is 3.58. The summed E-state index contributed by atoms with van der Waals surface area (Å²) < 4.78 is 0. The molecular formula is C11H13NO5. The maximum Gasteiger partial charge on any atom is 0.335 e. The molecule has 1 rings (SSSR count). The predicted molar refractivity (Wildman–Crippen MR) is 59.5 cm³/mol. The van der Waals surface area contributed by atoms with E-state index in [1.165, 1.54) is 0 Å². The summed E-state index contributed by atoms with van der Waals surface area (Å²) in [6.45, 7) is 1.87. The van der Waals surface area contributed by atoms with Gasteiger partial charge in [0, 0.05) is 5.69 Å². The average Bonchev–Trinajstić information content (AvgIpc) is 2.30. The molecule has 1 aromatic rings. The minimum absolute atomic E-state index is 0.414. The van der Waals surface area contributed by atoms with Crippen molar-refractivity contribution in [1.29, 1.82) is 0 Å². The number of hydrogen-bond acceptors (Lipinski definition) is 4. The van der Waals surface area contributed by atoms with Gasteiger partial charge in [0.1, 0.15) is 0 Å². The normalized spacial score (nSPS) is 13.8. The van der Waals surface area contributed by atoms with Crippen molar-refractivity contribution >= 4 is 17.6 Å². The fraction of sp³-hybridized carbons (Fsp3) is 0.273. The zero-order valence-corrected chi connectivity index (χ0v) is 9.12. The molecule has 1 aromatic carbocycles. The molecule has 0 radical (unpaired) electrons. The Kier molecular flexibility index (Phi) is 4.19. The highest BCUT2D eigenvalue weighted by Crippen LogP contribution is 2.09. The first-order valence-corrected chi connectivity index (χ1v) is 4.88. The molecule has 0 saturated carbocycles. The Morgan fingerprint density at radius 1 is 1.12 bits per heavy atom. The summed E-state index contributed by atoms with van der Waals surface area (Å²) in [4.78, 5) is 21.7. The Morgan fingerprint density at radius 3 is 2.12 bits per heavy atom. The number of carbonyl (C=O) groups is 2. The Balaban J connectivity index is 2.66. The number of aliphatic hydroxyl groups is 2. The molecule has 2 atom stereocenters. The number of anilines is 1. The maximum atomic E-state index is 11.4. The summed E-state index contributed by atoms with van der Waals surface area (Å²) in [5.74, 6) is -2.62. The first kappa shape index (κ1) is 13.1. The summed E-state index contributed by atoms with van der Waals surface area (Å²) in [6, 6.07) is 6.70. The number of carboxylic acids is 1. The number of nitrogens with one attached hydrogen (secondary N) is 1. The van der Waals surface area contributed by atoms with Gasteiger partial charge in [0.25, 0.3) is 5.91 Å². The topological polar surface area (TPSA) is 107 Å². The van der Waals surface area contributed by atoms with Gasteiger partial charge in [0.15, 0.2) is 12.2 Å². The van der Waals surface area contributed by atoms with Crippen molar-refractivity contribution < 1.29 is 24.9 Å². The number of amides is 1. The SMILES string of the molecule is Cc1ccc(NC(=O)[C@@H](O)[C@H](O)C(=O)O)cc1. The Bertz CT molecular complexity index is 414. The van der Waals surface area contributed by atoms with Gasteiger partial charge in [0.05, 0.1) is 0 Å². The molecule has 0 aliphatic heterocycles. The van der Waals surface area contributed by atoms with E-state index in [4.69, 9.17) is 10.2 Å². The van der Waals surface area contributed by atoms with E-state index in [9.17, 15) is 14.7 Å². The van der Waals surface area contributed by atoms with E-state index in [1.807, 2.05) is 6.92 Å². The van der Waals surface area contributed by atoms with Gasteiger partial charge in [-0.15, -0.1) is 0 Å². The van der Waals surface area contributed by atoms with Gasteiger partial charge in [-0.25, -0.2) is 4.79 Å². The zero-order chi connectivity index (χ0) is 13.0. The van der Waals surface area contributed by atoms with Crippen LogP contribution >= 0.6 is 0 Å². The lowest BCUT2D eigenvalue weighted by atomic mass is 10.2. The number of aliphatic carboxylic acids is 1. The summed E-state index contributed by atoms with van der Waals surface area (Å²) >= 11 is 0. The first-order valence-electron chi connectivity index (χ1n) is 4.88. The Hall–Kier alpha value is -1.92. The van der Waals surface area contributed by atoms with Crippen molar-refractivity contribution in [1.82, 2.24) is 0 Å². The van der Waals surface area contributed by atoms with Crippen LogP contribution in [0.3, 0.4) is 0 Å². The van der Waals surface area contributed by atoms with Gasteiger partial charge < -0.3 is 20.6 Å². The van der Waals surface area contributed by atoms with Crippen LogP contribution in [0.4, 0.5) is 5.69 Å². The molecule has 0 heterocycles.